The van der Waals surface area contributed by atoms with Crippen molar-refractivity contribution in [2.75, 3.05) is 67.5 Å². The number of fused-ring (bicyclic) bond motifs is 1. The Balaban J connectivity index is 0.00000337. The summed E-state index contributed by atoms with van der Waals surface area (Å²) < 4.78 is 6.34. The van der Waals surface area contributed by atoms with Crippen LogP contribution in [0, 0.1) is 6.92 Å². The van der Waals surface area contributed by atoms with Gasteiger partial charge in [0.05, 0.1) is 5.39 Å². The van der Waals surface area contributed by atoms with E-state index < -0.39 is 0 Å². The number of piperazine rings is 1. The van der Waals surface area contributed by atoms with Crippen molar-refractivity contribution in [3.63, 3.8) is 0 Å². The monoisotopic (exact) mass is 576 g/mol. The van der Waals surface area contributed by atoms with E-state index in [1.807, 2.05) is 6.07 Å². The second-order valence-electron chi connectivity index (χ2n) is 10.8. The van der Waals surface area contributed by atoms with Gasteiger partial charge in [0.15, 0.2) is 5.65 Å². The van der Waals surface area contributed by atoms with E-state index in [-0.39, 0.29) is 12.4 Å². The minimum absolute atomic E-state index is 0. The van der Waals surface area contributed by atoms with Gasteiger partial charge in [0, 0.05) is 68.5 Å². The molecule has 4 aromatic rings. The van der Waals surface area contributed by atoms with Gasteiger partial charge in [-0.15, -0.1) is 12.4 Å². The van der Waals surface area contributed by atoms with Crippen molar-refractivity contribution in [3.8, 4) is 5.75 Å². The average Bonchev–Trinajstić information content (AvgIpc) is 3.68. The van der Waals surface area contributed by atoms with Gasteiger partial charge in [-0.05, 0) is 50.4 Å². The molecule has 0 bridgehead atoms. The van der Waals surface area contributed by atoms with Crippen molar-refractivity contribution in [1.29, 1.82) is 0 Å². The van der Waals surface area contributed by atoms with Crippen molar-refractivity contribution >= 4 is 40.6 Å². The fraction of sp³-hybridized carbons (Fsp3) is 0.452. The van der Waals surface area contributed by atoms with Gasteiger partial charge in [0.25, 0.3) is 0 Å². The van der Waals surface area contributed by atoms with Gasteiger partial charge in [0.2, 0.25) is 0 Å². The Morgan fingerprint density at radius 2 is 1.71 bits per heavy atom. The molecule has 0 amide bonds. The minimum Gasteiger partial charge on any atom is -0.489 e. The highest BCUT2D eigenvalue weighted by atomic mass is 35.5. The van der Waals surface area contributed by atoms with Crippen molar-refractivity contribution in [2.45, 2.75) is 39.7 Å². The molecule has 218 valence electrons. The molecule has 2 aromatic carbocycles. The van der Waals surface area contributed by atoms with E-state index in [9.17, 15) is 0 Å². The molecule has 0 aliphatic carbocycles. The molecule has 9 nitrogen and oxygen atoms in total. The summed E-state index contributed by atoms with van der Waals surface area (Å²) in [5.41, 5.74) is 6.67. The summed E-state index contributed by atoms with van der Waals surface area (Å²) in [6, 6.07) is 14.8. The van der Waals surface area contributed by atoms with Gasteiger partial charge < -0.3 is 24.8 Å². The average molecular weight is 577 g/mol. The molecule has 2 fully saturated rings. The van der Waals surface area contributed by atoms with Crippen molar-refractivity contribution in [3.05, 3.63) is 65.6 Å². The van der Waals surface area contributed by atoms with Crippen LogP contribution in [0.4, 0.5) is 17.2 Å². The number of nitrogens with one attached hydrogen (secondary N) is 2. The second kappa shape index (κ2) is 13.4. The van der Waals surface area contributed by atoms with Gasteiger partial charge >= 0.3 is 0 Å². The van der Waals surface area contributed by atoms with E-state index >= 15 is 0 Å². The smallest absolute Gasteiger partial charge is 0.186 e. The van der Waals surface area contributed by atoms with Crippen molar-refractivity contribution in [1.82, 2.24) is 25.1 Å². The number of H-pyrrole nitrogens is 1. The molecule has 2 saturated heterocycles. The highest BCUT2D eigenvalue weighted by Gasteiger charge is 2.24. The lowest BCUT2D eigenvalue weighted by molar-refractivity contribution is 0.306. The number of hydrogen-bond acceptors (Lipinski definition) is 8. The number of aromatic amines is 1. The van der Waals surface area contributed by atoms with E-state index in [1.54, 1.807) is 6.33 Å². The lowest BCUT2D eigenvalue weighted by Crippen LogP contribution is -2.47. The summed E-state index contributed by atoms with van der Waals surface area (Å²) in [5.74, 6) is 1.88. The summed E-state index contributed by atoms with van der Waals surface area (Å²) >= 11 is 0. The molecule has 4 heterocycles. The molecule has 2 aliphatic heterocycles. The number of halogens is 1. The third-order valence-electron chi connectivity index (χ3n) is 8.22. The van der Waals surface area contributed by atoms with Crippen LogP contribution in [-0.2, 0) is 13.0 Å². The summed E-state index contributed by atoms with van der Waals surface area (Å²) in [6.07, 6.45) is 5.14. The Kier molecular flexibility index (Phi) is 9.46. The van der Waals surface area contributed by atoms with Crippen LogP contribution in [0.2, 0.25) is 0 Å². The van der Waals surface area contributed by atoms with E-state index in [1.165, 1.54) is 42.7 Å². The Labute approximate surface area is 248 Å². The Morgan fingerprint density at radius 1 is 0.951 bits per heavy atom. The zero-order chi connectivity index (χ0) is 27.3. The third kappa shape index (κ3) is 6.52. The number of anilines is 3. The molecule has 6 rings (SSSR count). The Hall–Kier alpha value is -3.56. The molecule has 2 aliphatic rings. The number of nitrogens with zero attached hydrogens (tertiary/aromatic N) is 6. The van der Waals surface area contributed by atoms with E-state index in [2.05, 4.69) is 90.4 Å². The van der Waals surface area contributed by atoms with Crippen LogP contribution in [0.5, 0.6) is 5.75 Å². The van der Waals surface area contributed by atoms with Gasteiger partial charge in [-0.3, -0.25) is 5.10 Å². The topological polar surface area (TPSA) is 85.4 Å². The minimum atomic E-state index is 0. The van der Waals surface area contributed by atoms with Crippen LogP contribution in [0.25, 0.3) is 11.0 Å². The maximum atomic E-state index is 6.34. The van der Waals surface area contributed by atoms with Crippen LogP contribution < -0.4 is 19.9 Å². The number of rotatable bonds is 10. The second-order valence-corrected chi connectivity index (χ2v) is 10.8. The maximum absolute atomic E-state index is 6.34. The predicted molar refractivity (Wildman–Crippen MR) is 169 cm³/mol. The molecule has 2 N–H and O–H groups in total. The molecule has 0 unspecified atom stereocenters. The SMILES string of the molecule is CCc1[nH]nc2ncnc(N3CCN(c4cc(OCc5ccccc5)cc(NCCN5CCCC5)c4C)CC3)c12.Cl. The molecule has 0 atom stereocenters. The van der Waals surface area contributed by atoms with Crippen molar-refractivity contribution in [2.24, 2.45) is 0 Å². The molecular formula is C31H41ClN8O. The molecule has 0 radical (unpaired) electrons. The van der Waals surface area contributed by atoms with Crippen molar-refractivity contribution < 1.29 is 4.74 Å². The van der Waals surface area contributed by atoms with E-state index in [0.717, 1.165) is 79.7 Å². The molecule has 10 heteroatoms. The predicted octanol–water partition coefficient (Wildman–Crippen LogP) is 5.06. The van der Waals surface area contributed by atoms with Gasteiger partial charge in [0.1, 0.15) is 24.5 Å². The van der Waals surface area contributed by atoms with Crippen LogP contribution in [-0.4, -0.2) is 77.4 Å². The number of likely N-dealkylation sites (tertiary alicyclic amines) is 1. The van der Waals surface area contributed by atoms with Gasteiger partial charge in [-0.1, -0.05) is 37.3 Å². The highest BCUT2D eigenvalue weighted by Crippen LogP contribution is 2.35. The molecule has 0 spiro atoms. The summed E-state index contributed by atoms with van der Waals surface area (Å²) in [6.45, 7) is 12.9. The number of ether oxygens (including phenoxy) is 1. The molecule has 0 saturated carbocycles. The van der Waals surface area contributed by atoms with E-state index in [0.29, 0.717) is 6.61 Å². The molecular weight excluding hydrogens is 536 g/mol. The zero-order valence-corrected chi connectivity index (χ0v) is 24.9. The number of hydrogen-bond donors (Lipinski definition) is 2. The number of aromatic nitrogens is 4. The maximum Gasteiger partial charge on any atom is 0.186 e. The fourth-order valence-corrected chi connectivity index (χ4v) is 5.92. The van der Waals surface area contributed by atoms with Crippen LogP contribution in [0.1, 0.15) is 36.6 Å². The standard InChI is InChI=1S/C31H40N8O.ClH/c1-3-26-29-30(36-35-26)33-22-34-31(29)39-17-15-38(16-18-39)28-20-25(40-21-24-9-5-4-6-10-24)19-27(23(28)2)32-11-14-37-12-7-8-13-37;/h4-6,9-10,19-20,22,32H,3,7-8,11-18,21H2,1-2H3,(H,33,34,35,36);1H. The Bertz CT molecular complexity index is 1410. The summed E-state index contributed by atoms with van der Waals surface area (Å²) in [5, 5.41) is 12.3. The molecule has 41 heavy (non-hydrogen) atoms. The highest BCUT2D eigenvalue weighted by molar-refractivity contribution is 5.89. The van der Waals surface area contributed by atoms with Gasteiger partial charge in [-0.2, -0.15) is 5.10 Å². The van der Waals surface area contributed by atoms with Crippen LogP contribution >= 0.6 is 12.4 Å². The molecule has 2 aromatic heterocycles. The first-order chi connectivity index (χ1) is 19.7. The third-order valence-corrected chi connectivity index (χ3v) is 8.22. The zero-order valence-electron chi connectivity index (χ0n) is 24.1. The number of aryl methyl sites for hydroxylation is 1. The normalized spacial score (nSPS) is 15.8. The summed E-state index contributed by atoms with van der Waals surface area (Å²) in [4.78, 5) is 16.5. The van der Waals surface area contributed by atoms with E-state index in [4.69, 9.17) is 4.74 Å². The summed E-state index contributed by atoms with van der Waals surface area (Å²) in [7, 11) is 0. The first-order valence-corrected chi connectivity index (χ1v) is 14.6. The quantitative estimate of drug-likeness (QED) is 0.271. The largest absolute Gasteiger partial charge is 0.489 e. The lowest BCUT2D eigenvalue weighted by Gasteiger charge is -2.38. The van der Waals surface area contributed by atoms with Crippen LogP contribution in [0.3, 0.4) is 0 Å². The van der Waals surface area contributed by atoms with Crippen LogP contribution in [0.15, 0.2) is 48.8 Å². The Morgan fingerprint density at radius 3 is 2.46 bits per heavy atom. The first kappa shape index (κ1) is 29.0. The van der Waals surface area contributed by atoms with Gasteiger partial charge in [-0.25, -0.2) is 9.97 Å². The first-order valence-electron chi connectivity index (χ1n) is 14.6. The fourth-order valence-electron chi connectivity index (χ4n) is 5.92. The number of benzene rings is 2. The lowest BCUT2D eigenvalue weighted by atomic mass is 10.1.